The maximum Gasteiger partial charge on any atom is 0.203 e. The van der Waals surface area contributed by atoms with Gasteiger partial charge in [0, 0.05) is 11.1 Å². The van der Waals surface area contributed by atoms with E-state index < -0.39 is 0 Å². The Hall–Kier alpha value is -3.55. The van der Waals surface area contributed by atoms with Crippen LogP contribution in [0.25, 0.3) is 22.6 Å². The fraction of sp³-hybridized carbons (Fsp3) is 0.250. The van der Waals surface area contributed by atoms with Gasteiger partial charge in [0.2, 0.25) is 5.75 Å². The van der Waals surface area contributed by atoms with Gasteiger partial charge in [0.1, 0.15) is 5.69 Å². The zero-order chi connectivity index (χ0) is 20.1. The number of hydrogen-bond donors (Lipinski definition) is 0. The molecule has 2 aromatic carbocycles. The average Bonchev–Trinajstić information content (AvgIpc) is 2.77. The summed E-state index contributed by atoms with van der Waals surface area (Å²) in [4.78, 5) is 4.43. The van der Waals surface area contributed by atoms with Crippen molar-refractivity contribution in [1.29, 1.82) is 0 Å². The molecule has 0 atom stereocenters. The van der Waals surface area contributed by atoms with Crippen LogP contribution < -0.4 is 23.7 Å². The third-order valence-electron chi connectivity index (χ3n) is 4.18. The summed E-state index contributed by atoms with van der Waals surface area (Å²) in [5.74, 6) is 3.22. The Morgan fingerprint density at radius 2 is 1.32 bits per heavy atom. The van der Waals surface area contributed by atoms with E-state index in [4.69, 9.17) is 23.7 Å². The van der Waals surface area contributed by atoms with E-state index in [9.17, 15) is 0 Å². The normalized spacial score (nSPS) is 10.3. The summed E-state index contributed by atoms with van der Waals surface area (Å²) in [6.45, 7) is 0. The molecule has 28 heavy (non-hydrogen) atoms. The van der Waals surface area contributed by atoms with Gasteiger partial charge in [-0.15, -0.1) is 10.2 Å². The summed E-state index contributed by atoms with van der Waals surface area (Å²) in [5, 5.41) is 8.55. The molecule has 0 saturated carbocycles. The third-order valence-corrected chi connectivity index (χ3v) is 4.18. The molecule has 146 valence electrons. The Morgan fingerprint density at radius 3 is 1.89 bits per heavy atom. The van der Waals surface area contributed by atoms with E-state index in [1.165, 1.54) is 0 Å². The number of aromatic nitrogens is 3. The Bertz CT molecular complexity index is 961. The Kier molecular flexibility index (Phi) is 5.78. The van der Waals surface area contributed by atoms with Crippen molar-refractivity contribution in [3.63, 3.8) is 0 Å². The first-order valence-electron chi connectivity index (χ1n) is 8.38. The van der Waals surface area contributed by atoms with Gasteiger partial charge in [-0.3, -0.25) is 0 Å². The molecule has 8 heteroatoms. The lowest BCUT2D eigenvalue weighted by molar-refractivity contribution is 0.325. The fourth-order valence-electron chi connectivity index (χ4n) is 2.81. The molecule has 0 N–H and O–H groups in total. The molecule has 0 radical (unpaired) electrons. The van der Waals surface area contributed by atoms with Crippen LogP contribution in [0.2, 0.25) is 0 Å². The van der Waals surface area contributed by atoms with E-state index >= 15 is 0 Å². The zero-order valence-electron chi connectivity index (χ0n) is 16.3. The molecule has 0 unspecified atom stereocenters. The molecular weight excluding hydrogens is 362 g/mol. The Labute approximate surface area is 163 Å². The first-order valence-corrected chi connectivity index (χ1v) is 8.38. The topological polar surface area (TPSA) is 84.8 Å². The molecule has 8 nitrogen and oxygen atoms in total. The molecule has 1 heterocycles. The first-order chi connectivity index (χ1) is 13.7. The van der Waals surface area contributed by atoms with Gasteiger partial charge in [0.25, 0.3) is 0 Å². The van der Waals surface area contributed by atoms with Crippen molar-refractivity contribution in [3.05, 3.63) is 36.5 Å². The maximum absolute atomic E-state index is 5.50. The highest BCUT2D eigenvalue weighted by Gasteiger charge is 2.18. The van der Waals surface area contributed by atoms with E-state index in [0.717, 1.165) is 5.56 Å². The largest absolute Gasteiger partial charge is 0.493 e. The smallest absolute Gasteiger partial charge is 0.203 e. The van der Waals surface area contributed by atoms with Gasteiger partial charge in [-0.1, -0.05) is 0 Å². The summed E-state index contributed by atoms with van der Waals surface area (Å²) in [6, 6.07) is 9.03. The van der Waals surface area contributed by atoms with Crippen LogP contribution >= 0.6 is 0 Å². The average molecular weight is 383 g/mol. The molecule has 3 rings (SSSR count). The molecule has 0 amide bonds. The van der Waals surface area contributed by atoms with Crippen molar-refractivity contribution in [3.8, 4) is 51.4 Å². The molecule has 0 aliphatic rings. The lowest BCUT2D eigenvalue weighted by atomic mass is 10.1. The molecule has 1 aromatic heterocycles. The minimum absolute atomic E-state index is 0.462. The van der Waals surface area contributed by atoms with Crippen molar-refractivity contribution < 1.29 is 23.7 Å². The van der Waals surface area contributed by atoms with Gasteiger partial charge >= 0.3 is 0 Å². The number of ether oxygens (including phenoxy) is 5. The highest BCUT2D eigenvalue weighted by molar-refractivity contribution is 5.74. The fourth-order valence-corrected chi connectivity index (χ4v) is 2.81. The molecule has 0 fully saturated rings. The quantitative estimate of drug-likeness (QED) is 0.615. The van der Waals surface area contributed by atoms with Crippen molar-refractivity contribution >= 4 is 0 Å². The maximum atomic E-state index is 5.50. The van der Waals surface area contributed by atoms with Crippen LogP contribution in [-0.4, -0.2) is 50.7 Å². The van der Waals surface area contributed by atoms with Gasteiger partial charge < -0.3 is 23.7 Å². The van der Waals surface area contributed by atoms with Crippen molar-refractivity contribution in [2.24, 2.45) is 0 Å². The summed E-state index contributed by atoms with van der Waals surface area (Å²) >= 11 is 0. The molecule has 0 spiro atoms. The van der Waals surface area contributed by atoms with Gasteiger partial charge in [-0.05, 0) is 30.3 Å². The van der Waals surface area contributed by atoms with Crippen molar-refractivity contribution in [2.75, 3.05) is 35.5 Å². The molecular formula is C20H21N3O5. The molecule has 0 aliphatic carbocycles. The van der Waals surface area contributed by atoms with Gasteiger partial charge in [0.15, 0.2) is 28.8 Å². The minimum atomic E-state index is 0.462. The number of nitrogens with zero attached hydrogens (tertiary/aromatic N) is 3. The van der Waals surface area contributed by atoms with Gasteiger partial charge in [0.05, 0.1) is 41.7 Å². The van der Waals surface area contributed by atoms with Crippen LogP contribution in [0.5, 0.6) is 28.7 Å². The lowest BCUT2D eigenvalue weighted by Gasteiger charge is -2.15. The molecule has 0 saturated heterocycles. The van der Waals surface area contributed by atoms with Crippen molar-refractivity contribution in [1.82, 2.24) is 15.2 Å². The highest BCUT2D eigenvalue weighted by Crippen LogP contribution is 2.43. The molecule has 0 bridgehead atoms. The molecule has 3 aromatic rings. The van der Waals surface area contributed by atoms with Crippen LogP contribution in [0.3, 0.4) is 0 Å². The predicted octanol–water partition coefficient (Wildman–Crippen LogP) is 3.25. The van der Waals surface area contributed by atoms with E-state index in [1.807, 2.05) is 12.1 Å². The summed E-state index contributed by atoms with van der Waals surface area (Å²) in [6.07, 6.45) is 1.63. The third kappa shape index (κ3) is 3.48. The second-order valence-corrected chi connectivity index (χ2v) is 5.62. The predicted molar refractivity (Wildman–Crippen MR) is 103 cm³/mol. The van der Waals surface area contributed by atoms with E-state index in [-0.39, 0.29) is 0 Å². The summed E-state index contributed by atoms with van der Waals surface area (Å²) in [5.41, 5.74) is 2.00. The Balaban J connectivity index is 2.00. The SMILES string of the molecule is COc1ccc(-c2ncc(-c3ccc(OC)c(OC)c3OC)nn2)cc1OC. The second-order valence-electron chi connectivity index (χ2n) is 5.62. The molecule has 0 aliphatic heterocycles. The van der Waals surface area contributed by atoms with Crippen molar-refractivity contribution in [2.45, 2.75) is 0 Å². The van der Waals surface area contributed by atoms with Crippen LogP contribution in [-0.2, 0) is 0 Å². The van der Waals surface area contributed by atoms with Gasteiger partial charge in [-0.25, -0.2) is 4.98 Å². The zero-order valence-corrected chi connectivity index (χ0v) is 16.3. The number of methoxy groups -OCH3 is 5. The van der Waals surface area contributed by atoms with Gasteiger partial charge in [-0.2, -0.15) is 0 Å². The first kappa shape index (κ1) is 19.2. The van der Waals surface area contributed by atoms with E-state index in [2.05, 4.69) is 15.2 Å². The lowest BCUT2D eigenvalue weighted by Crippen LogP contribution is -2.00. The van der Waals surface area contributed by atoms with E-state index in [1.54, 1.807) is 59.9 Å². The number of rotatable bonds is 7. The van der Waals surface area contributed by atoms with Crippen LogP contribution in [0, 0.1) is 0 Å². The minimum Gasteiger partial charge on any atom is -0.493 e. The highest BCUT2D eigenvalue weighted by atomic mass is 16.5. The standard InChI is InChI=1S/C20H21N3O5/c1-24-15-8-6-12(10-17(15)26-3)20-21-11-14(22-23-20)13-7-9-16(25-2)19(28-5)18(13)27-4/h6-11H,1-5H3. The van der Waals surface area contributed by atoms with E-state index in [0.29, 0.717) is 45.8 Å². The van der Waals surface area contributed by atoms with Crippen LogP contribution in [0.15, 0.2) is 36.5 Å². The number of hydrogen-bond acceptors (Lipinski definition) is 8. The summed E-state index contributed by atoms with van der Waals surface area (Å²) in [7, 11) is 7.83. The Morgan fingerprint density at radius 1 is 0.643 bits per heavy atom. The van der Waals surface area contributed by atoms with Crippen LogP contribution in [0.4, 0.5) is 0 Å². The van der Waals surface area contributed by atoms with Crippen LogP contribution in [0.1, 0.15) is 0 Å². The second kappa shape index (κ2) is 8.43. The number of benzene rings is 2. The monoisotopic (exact) mass is 383 g/mol. The summed E-state index contributed by atoms with van der Waals surface area (Å²) < 4.78 is 26.8.